The lowest BCUT2D eigenvalue weighted by atomic mass is 10.1. The Morgan fingerprint density at radius 2 is 1.69 bits per heavy atom. The molecule has 1 aliphatic heterocycles. The largest absolute Gasteiger partial charge is 0.417 e. The maximum absolute atomic E-state index is 13.4. The lowest BCUT2D eigenvalue weighted by Gasteiger charge is -2.24. The molecule has 2 aliphatic rings. The van der Waals surface area contributed by atoms with Gasteiger partial charge >= 0.3 is 12.3 Å². The van der Waals surface area contributed by atoms with E-state index in [1.807, 2.05) is 0 Å². The van der Waals surface area contributed by atoms with Gasteiger partial charge in [-0.3, -0.25) is 15.0 Å². The number of nitrogens with zero attached hydrogens (tertiary/aromatic N) is 1. The molecule has 1 atom stereocenters. The number of halogens is 3. The van der Waals surface area contributed by atoms with Crippen molar-refractivity contribution in [3.63, 3.8) is 0 Å². The Bertz CT molecular complexity index is 977. The predicted molar refractivity (Wildman–Crippen MR) is 113 cm³/mol. The summed E-state index contributed by atoms with van der Waals surface area (Å²) in [4.78, 5) is 27.1. The van der Waals surface area contributed by atoms with E-state index in [-0.39, 0.29) is 29.1 Å². The van der Waals surface area contributed by atoms with E-state index >= 15 is 0 Å². The van der Waals surface area contributed by atoms with Gasteiger partial charge in [0.15, 0.2) is 0 Å². The zero-order valence-electron chi connectivity index (χ0n) is 17.3. The van der Waals surface area contributed by atoms with Crippen LogP contribution in [0.3, 0.4) is 0 Å². The fraction of sp³-hybridized carbons (Fsp3) is 0.391. The van der Waals surface area contributed by atoms with Crippen LogP contribution in [-0.2, 0) is 11.0 Å². The van der Waals surface area contributed by atoms with Crippen LogP contribution in [0.25, 0.3) is 0 Å². The van der Waals surface area contributed by atoms with Crippen molar-refractivity contribution in [2.24, 2.45) is 5.92 Å². The minimum atomic E-state index is -4.65. The molecule has 2 N–H and O–H groups in total. The second-order valence-corrected chi connectivity index (χ2v) is 8.21. The first-order chi connectivity index (χ1) is 15.3. The van der Waals surface area contributed by atoms with E-state index in [1.54, 1.807) is 30.3 Å². The van der Waals surface area contributed by atoms with Gasteiger partial charge in [-0.25, -0.2) is 4.79 Å². The predicted octanol–water partition coefficient (Wildman–Crippen LogP) is 5.13. The maximum atomic E-state index is 13.4. The van der Waals surface area contributed by atoms with Gasteiger partial charge in [0, 0.05) is 17.9 Å². The summed E-state index contributed by atoms with van der Waals surface area (Å²) in [5.74, 6) is 0.533. The number of amides is 2. The molecule has 1 unspecified atom stereocenters. The Morgan fingerprint density at radius 1 is 1.00 bits per heavy atom. The number of hydrogen-bond donors (Lipinski definition) is 2. The highest BCUT2D eigenvalue weighted by Gasteiger charge is 2.35. The van der Waals surface area contributed by atoms with Crippen LogP contribution in [0.15, 0.2) is 48.5 Å². The Kier molecular flexibility index (Phi) is 6.36. The van der Waals surface area contributed by atoms with E-state index in [9.17, 15) is 22.8 Å². The van der Waals surface area contributed by atoms with Crippen molar-refractivity contribution in [2.45, 2.75) is 37.9 Å². The lowest BCUT2D eigenvalue weighted by molar-refractivity contribution is -0.137. The molecule has 0 radical (unpaired) electrons. The average molecular weight is 447 g/mol. The number of carbonyl (C=O) groups is 2. The highest BCUT2D eigenvalue weighted by atomic mass is 19.4. The maximum Gasteiger partial charge on any atom is 0.417 e. The van der Waals surface area contributed by atoms with Crippen LogP contribution >= 0.6 is 0 Å². The molecule has 2 aromatic rings. The van der Waals surface area contributed by atoms with Crippen LogP contribution < -0.4 is 15.4 Å². The molecule has 6 nitrogen and oxygen atoms in total. The number of alkyl halides is 3. The first kappa shape index (κ1) is 22.1. The molecule has 4 rings (SSSR count). The summed E-state index contributed by atoms with van der Waals surface area (Å²) in [5.41, 5.74) is -1.14. The average Bonchev–Trinajstić information content (AvgIpc) is 3.42. The normalized spacial score (nSPS) is 18.9. The quantitative estimate of drug-likeness (QED) is 0.644. The van der Waals surface area contributed by atoms with Crippen LogP contribution in [0, 0.1) is 5.92 Å². The SMILES string of the molecule is O=C(Nc1cc(NC(=O)C2CCCN2CC2CC2)cc(C(F)(F)F)c1)Oc1ccccc1. The molecular formula is C23H24F3N3O3. The van der Waals surface area contributed by atoms with Crippen molar-refractivity contribution in [3.05, 3.63) is 54.1 Å². The number of ether oxygens (including phenoxy) is 1. The monoisotopic (exact) mass is 447 g/mol. The molecule has 1 aliphatic carbocycles. The first-order valence-corrected chi connectivity index (χ1v) is 10.6. The van der Waals surface area contributed by atoms with Gasteiger partial charge in [0.2, 0.25) is 5.91 Å². The smallest absolute Gasteiger partial charge is 0.410 e. The lowest BCUT2D eigenvalue weighted by Crippen LogP contribution is -2.40. The second-order valence-electron chi connectivity index (χ2n) is 8.21. The van der Waals surface area contributed by atoms with Crippen LogP contribution in [0.5, 0.6) is 5.75 Å². The number of carbonyl (C=O) groups excluding carboxylic acids is 2. The van der Waals surface area contributed by atoms with Crippen LogP contribution in [0.1, 0.15) is 31.2 Å². The zero-order valence-corrected chi connectivity index (χ0v) is 17.3. The van der Waals surface area contributed by atoms with Gasteiger partial charge in [-0.15, -0.1) is 0 Å². The van der Waals surface area contributed by atoms with Crippen LogP contribution in [0.2, 0.25) is 0 Å². The van der Waals surface area contributed by atoms with Crippen molar-refractivity contribution in [2.75, 3.05) is 23.7 Å². The molecule has 170 valence electrons. The fourth-order valence-corrected chi connectivity index (χ4v) is 3.87. The third kappa shape index (κ3) is 5.79. The Morgan fingerprint density at radius 3 is 2.34 bits per heavy atom. The van der Waals surface area contributed by atoms with Gasteiger partial charge in [-0.2, -0.15) is 13.2 Å². The minimum Gasteiger partial charge on any atom is -0.410 e. The van der Waals surface area contributed by atoms with Crippen molar-refractivity contribution in [3.8, 4) is 5.75 Å². The molecule has 1 heterocycles. The van der Waals surface area contributed by atoms with Crippen LogP contribution in [-0.4, -0.2) is 36.0 Å². The molecule has 0 spiro atoms. The van der Waals surface area contributed by atoms with Gasteiger partial charge < -0.3 is 10.1 Å². The molecule has 0 bridgehead atoms. The molecule has 0 aromatic heterocycles. The number of nitrogens with one attached hydrogen (secondary N) is 2. The third-order valence-electron chi connectivity index (χ3n) is 5.58. The summed E-state index contributed by atoms with van der Waals surface area (Å²) in [6.45, 7) is 1.66. The summed E-state index contributed by atoms with van der Waals surface area (Å²) < 4.78 is 45.3. The van der Waals surface area contributed by atoms with E-state index < -0.39 is 17.8 Å². The highest BCUT2D eigenvalue weighted by Crippen LogP contribution is 2.35. The second kappa shape index (κ2) is 9.20. The summed E-state index contributed by atoms with van der Waals surface area (Å²) in [5, 5.41) is 4.92. The molecule has 32 heavy (non-hydrogen) atoms. The molecule has 2 fully saturated rings. The van der Waals surface area contributed by atoms with Gasteiger partial charge in [0.25, 0.3) is 0 Å². The van der Waals surface area contributed by atoms with Crippen LogP contribution in [0.4, 0.5) is 29.3 Å². The minimum absolute atomic E-state index is 0.0295. The zero-order chi connectivity index (χ0) is 22.7. The number of hydrogen-bond acceptors (Lipinski definition) is 4. The summed E-state index contributed by atoms with van der Waals surface area (Å²) in [7, 11) is 0. The first-order valence-electron chi connectivity index (χ1n) is 10.6. The number of anilines is 2. The Balaban J connectivity index is 1.48. The summed E-state index contributed by atoms with van der Waals surface area (Å²) in [6, 6.07) is 10.8. The topological polar surface area (TPSA) is 70.7 Å². The van der Waals surface area contributed by atoms with E-state index in [4.69, 9.17) is 4.74 Å². The summed E-state index contributed by atoms with van der Waals surface area (Å²) >= 11 is 0. The standard InChI is InChI=1S/C23H24F3N3O3/c24-23(25,26)16-11-17(27-21(30)20-7-4-10-29(20)14-15-8-9-15)13-18(12-16)28-22(31)32-19-5-2-1-3-6-19/h1-3,5-6,11-13,15,20H,4,7-10,14H2,(H,27,30)(H,28,31). The van der Waals surface area contributed by atoms with E-state index in [2.05, 4.69) is 15.5 Å². The molecule has 9 heteroatoms. The third-order valence-corrected chi connectivity index (χ3v) is 5.58. The van der Waals surface area contributed by atoms with E-state index in [1.165, 1.54) is 6.07 Å². The number of likely N-dealkylation sites (tertiary alicyclic amines) is 1. The Hall–Kier alpha value is -3.07. The number of rotatable bonds is 6. The molecule has 1 saturated heterocycles. The van der Waals surface area contributed by atoms with Crippen molar-refractivity contribution < 1.29 is 27.5 Å². The van der Waals surface area contributed by atoms with E-state index in [0.717, 1.165) is 44.5 Å². The van der Waals surface area contributed by atoms with Crippen molar-refractivity contribution >= 4 is 23.4 Å². The fourth-order valence-electron chi connectivity index (χ4n) is 3.87. The van der Waals surface area contributed by atoms with Gasteiger partial charge in [-0.1, -0.05) is 18.2 Å². The highest BCUT2D eigenvalue weighted by molar-refractivity contribution is 5.96. The molecule has 1 saturated carbocycles. The number of benzene rings is 2. The Labute approximate surface area is 183 Å². The van der Waals surface area contributed by atoms with Crippen molar-refractivity contribution in [1.82, 2.24) is 4.90 Å². The van der Waals surface area contributed by atoms with Gasteiger partial charge in [0.1, 0.15) is 5.75 Å². The van der Waals surface area contributed by atoms with Gasteiger partial charge in [-0.05, 0) is 68.5 Å². The molecular weight excluding hydrogens is 423 g/mol. The number of para-hydroxylation sites is 1. The summed E-state index contributed by atoms with van der Waals surface area (Å²) in [6.07, 6.45) is -1.71. The van der Waals surface area contributed by atoms with E-state index in [0.29, 0.717) is 12.3 Å². The molecule has 2 aromatic carbocycles. The van der Waals surface area contributed by atoms with Gasteiger partial charge in [0.05, 0.1) is 11.6 Å². The van der Waals surface area contributed by atoms with Crippen molar-refractivity contribution in [1.29, 1.82) is 0 Å². The molecule has 2 amide bonds.